The molecule has 1 aliphatic carbocycles. The lowest BCUT2D eigenvalue weighted by Crippen LogP contribution is -2.46. The number of rotatable bonds is 6. The Hall–Kier alpha value is -0.990. The highest BCUT2D eigenvalue weighted by Crippen LogP contribution is 2.43. The van der Waals surface area contributed by atoms with Crippen molar-refractivity contribution in [2.45, 2.75) is 49.3 Å². The molecule has 1 spiro atoms. The van der Waals surface area contributed by atoms with Gasteiger partial charge in [-0.2, -0.15) is 0 Å². The van der Waals surface area contributed by atoms with Crippen molar-refractivity contribution in [1.29, 1.82) is 0 Å². The molecule has 0 amide bonds. The van der Waals surface area contributed by atoms with Crippen LogP contribution in [0.15, 0.2) is 30.3 Å². The number of benzene rings is 1. The highest BCUT2D eigenvalue weighted by molar-refractivity contribution is 7.89. The molecule has 3 N–H and O–H groups in total. The largest absolute Gasteiger partial charge is 0.373 e. The van der Waals surface area contributed by atoms with Gasteiger partial charge >= 0.3 is 0 Å². The highest BCUT2D eigenvalue weighted by atomic mass is 32.2. The predicted octanol–water partition coefficient (Wildman–Crippen LogP) is 1.04. The topological polar surface area (TPSA) is 84.7 Å². The Morgan fingerprint density at radius 2 is 1.96 bits per heavy atom. The highest BCUT2D eigenvalue weighted by Gasteiger charge is 2.46. The fourth-order valence-electron chi connectivity index (χ4n) is 4.49. The van der Waals surface area contributed by atoms with Crippen molar-refractivity contribution in [3.05, 3.63) is 35.9 Å². The zero-order valence-corrected chi connectivity index (χ0v) is 16.0. The molecule has 7 heteroatoms. The molecular weight excluding hydrogens is 350 g/mol. The van der Waals surface area contributed by atoms with Gasteiger partial charge in [-0.05, 0) is 31.2 Å². The molecule has 144 valence electrons. The van der Waals surface area contributed by atoms with Gasteiger partial charge in [0.2, 0.25) is 10.0 Å². The lowest BCUT2D eigenvalue weighted by molar-refractivity contribution is -0.0424. The van der Waals surface area contributed by atoms with Crippen LogP contribution in [-0.2, 0) is 14.8 Å². The van der Waals surface area contributed by atoms with Gasteiger partial charge < -0.3 is 15.0 Å². The minimum Gasteiger partial charge on any atom is -0.373 e. The molecule has 0 bridgehead atoms. The predicted molar refractivity (Wildman–Crippen MR) is 101 cm³/mol. The van der Waals surface area contributed by atoms with E-state index in [4.69, 9.17) is 9.88 Å². The fourth-order valence-corrected chi connectivity index (χ4v) is 5.00. The molecule has 3 aliphatic rings. The summed E-state index contributed by atoms with van der Waals surface area (Å²) < 4.78 is 28.5. The third-order valence-electron chi connectivity index (χ3n) is 6.14. The van der Waals surface area contributed by atoms with Crippen LogP contribution in [0.2, 0.25) is 0 Å². The number of hydrogen-bond donors (Lipinski definition) is 2. The zero-order valence-electron chi connectivity index (χ0n) is 15.1. The number of hydrogen-bond acceptors (Lipinski definition) is 5. The average molecular weight is 380 g/mol. The van der Waals surface area contributed by atoms with Crippen molar-refractivity contribution in [2.24, 2.45) is 5.14 Å². The summed E-state index contributed by atoms with van der Waals surface area (Å²) in [7, 11) is -3.38. The molecule has 2 aliphatic heterocycles. The first-order chi connectivity index (χ1) is 12.4. The molecule has 1 saturated carbocycles. The molecule has 4 rings (SSSR count). The summed E-state index contributed by atoms with van der Waals surface area (Å²) in [6.45, 7) is 3.09. The number of nitrogens with one attached hydrogen (secondary N) is 1. The normalized spacial score (nSPS) is 31.3. The van der Waals surface area contributed by atoms with Crippen LogP contribution in [0.4, 0.5) is 0 Å². The SMILES string of the molecule is NS(=O)(=O)CCN1CCC2(CC1)CC(N[C@@H]1C[C@H]1c1ccccc1)CO2. The molecule has 3 fully saturated rings. The second-order valence-corrected chi connectivity index (χ2v) is 9.86. The van der Waals surface area contributed by atoms with E-state index in [2.05, 4.69) is 40.5 Å². The van der Waals surface area contributed by atoms with Crippen molar-refractivity contribution in [3.8, 4) is 0 Å². The minimum absolute atomic E-state index is 0.0209. The summed E-state index contributed by atoms with van der Waals surface area (Å²) in [5.41, 5.74) is 1.41. The van der Waals surface area contributed by atoms with E-state index < -0.39 is 10.0 Å². The van der Waals surface area contributed by atoms with E-state index in [0.29, 0.717) is 24.5 Å². The Morgan fingerprint density at radius 3 is 2.65 bits per heavy atom. The van der Waals surface area contributed by atoms with Gasteiger partial charge in [0.1, 0.15) is 0 Å². The van der Waals surface area contributed by atoms with Gasteiger partial charge in [0.15, 0.2) is 0 Å². The molecule has 0 aromatic heterocycles. The maximum atomic E-state index is 11.1. The Bertz CT molecular complexity index is 717. The van der Waals surface area contributed by atoms with E-state index in [1.807, 2.05) is 0 Å². The van der Waals surface area contributed by atoms with E-state index in [1.54, 1.807) is 0 Å². The van der Waals surface area contributed by atoms with E-state index in [1.165, 1.54) is 12.0 Å². The molecular formula is C19H29N3O3S. The van der Waals surface area contributed by atoms with E-state index in [-0.39, 0.29) is 11.4 Å². The number of ether oxygens (including phenoxy) is 1. The maximum absolute atomic E-state index is 11.1. The average Bonchev–Trinajstić information content (AvgIpc) is 3.28. The van der Waals surface area contributed by atoms with Gasteiger partial charge in [0.25, 0.3) is 0 Å². The lowest BCUT2D eigenvalue weighted by Gasteiger charge is -2.38. The van der Waals surface area contributed by atoms with Crippen molar-refractivity contribution in [1.82, 2.24) is 10.2 Å². The molecule has 2 heterocycles. The van der Waals surface area contributed by atoms with Crippen LogP contribution in [0, 0.1) is 0 Å². The monoisotopic (exact) mass is 379 g/mol. The summed E-state index contributed by atoms with van der Waals surface area (Å²) in [5, 5.41) is 8.90. The van der Waals surface area contributed by atoms with Crippen LogP contribution < -0.4 is 10.5 Å². The van der Waals surface area contributed by atoms with Crippen molar-refractivity contribution >= 4 is 10.0 Å². The van der Waals surface area contributed by atoms with Gasteiger partial charge in [-0.15, -0.1) is 0 Å². The standard InChI is InChI=1S/C19H29N3O3S/c20-26(23,24)11-10-22-8-6-19(7-9-22)13-16(14-25-19)21-18-12-17(18)15-4-2-1-3-5-15/h1-5,16-18,21H,6-14H2,(H2,20,23,24)/t16?,17-,18+/m0/s1. The van der Waals surface area contributed by atoms with Crippen LogP contribution in [0.5, 0.6) is 0 Å². The zero-order chi connectivity index (χ0) is 18.2. The number of nitrogens with zero attached hydrogens (tertiary/aromatic N) is 1. The summed E-state index contributed by atoms with van der Waals surface area (Å²) >= 11 is 0. The fraction of sp³-hybridized carbons (Fsp3) is 0.684. The molecule has 6 nitrogen and oxygen atoms in total. The minimum atomic E-state index is -3.38. The van der Waals surface area contributed by atoms with Crippen molar-refractivity contribution in [2.75, 3.05) is 32.0 Å². The number of nitrogens with two attached hydrogens (primary N) is 1. The molecule has 1 aromatic rings. The van der Waals surface area contributed by atoms with Crippen LogP contribution in [0.1, 0.15) is 37.2 Å². The first-order valence-corrected chi connectivity index (χ1v) is 11.3. The lowest BCUT2D eigenvalue weighted by atomic mass is 9.87. The van der Waals surface area contributed by atoms with Crippen LogP contribution in [-0.4, -0.2) is 63.0 Å². The second kappa shape index (κ2) is 7.20. The first-order valence-electron chi connectivity index (χ1n) is 9.60. The summed E-state index contributed by atoms with van der Waals surface area (Å²) in [6.07, 6.45) is 4.23. The molecule has 1 aromatic carbocycles. The Kier molecular flexibility index (Phi) is 5.09. The van der Waals surface area contributed by atoms with E-state index in [9.17, 15) is 8.42 Å². The number of sulfonamides is 1. The van der Waals surface area contributed by atoms with Gasteiger partial charge in [-0.3, -0.25) is 0 Å². The summed E-state index contributed by atoms with van der Waals surface area (Å²) in [5.74, 6) is 0.681. The van der Waals surface area contributed by atoms with Crippen LogP contribution >= 0.6 is 0 Å². The Balaban J connectivity index is 1.22. The molecule has 2 saturated heterocycles. The van der Waals surface area contributed by atoms with Gasteiger partial charge in [-0.1, -0.05) is 30.3 Å². The van der Waals surface area contributed by atoms with Crippen LogP contribution in [0.25, 0.3) is 0 Å². The van der Waals surface area contributed by atoms with Gasteiger partial charge in [0.05, 0.1) is 18.0 Å². The number of likely N-dealkylation sites (tertiary alicyclic amines) is 1. The third kappa shape index (κ3) is 4.46. The third-order valence-corrected chi connectivity index (χ3v) is 6.89. The quantitative estimate of drug-likeness (QED) is 0.772. The first kappa shape index (κ1) is 18.4. The molecule has 1 unspecified atom stereocenters. The molecule has 3 atom stereocenters. The summed E-state index contributed by atoms with van der Waals surface area (Å²) in [4.78, 5) is 2.19. The van der Waals surface area contributed by atoms with Crippen LogP contribution in [0.3, 0.4) is 0 Å². The Morgan fingerprint density at radius 1 is 1.23 bits per heavy atom. The van der Waals surface area contributed by atoms with E-state index in [0.717, 1.165) is 39.0 Å². The second-order valence-electron chi connectivity index (χ2n) is 8.13. The molecule has 26 heavy (non-hydrogen) atoms. The summed E-state index contributed by atoms with van der Waals surface area (Å²) in [6, 6.07) is 11.7. The van der Waals surface area contributed by atoms with E-state index >= 15 is 0 Å². The molecule has 0 radical (unpaired) electrons. The van der Waals surface area contributed by atoms with Gasteiger partial charge in [-0.25, -0.2) is 13.6 Å². The number of piperidine rings is 1. The smallest absolute Gasteiger partial charge is 0.210 e. The Labute approximate surface area is 156 Å². The van der Waals surface area contributed by atoms with Crippen molar-refractivity contribution in [3.63, 3.8) is 0 Å². The number of primary sulfonamides is 1. The maximum Gasteiger partial charge on any atom is 0.210 e. The van der Waals surface area contributed by atoms with Gasteiger partial charge in [0, 0.05) is 37.6 Å². The van der Waals surface area contributed by atoms with Crippen molar-refractivity contribution < 1.29 is 13.2 Å².